The molecule has 0 aliphatic carbocycles. The Labute approximate surface area is 177 Å². The number of benzene rings is 2. The van der Waals surface area contributed by atoms with Crippen molar-refractivity contribution in [3.63, 3.8) is 0 Å². The molecule has 4 nitrogen and oxygen atoms in total. The molecule has 0 aromatic heterocycles. The Morgan fingerprint density at radius 3 is 2.62 bits per heavy atom. The molecule has 4 atom stereocenters. The van der Waals surface area contributed by atoms with Crippen LogP contribution in [0.4, 0.5) is 0 Å². The number of methoxy groups -OCH3 is 1. The third kappa shape index (κ3) is 4.65. The second-order valence-corrected chi connectivity index (χ2v) is 8.13. The third-order valence-electron chi connectivity index (χ3n) is 5.69. The Hall–Kier alpha value is -2.30. The van der Waals surface area contributed by atoms with Gasteiger partial charge < -0.3 is 14.6 Å². The van der Waals surface area contributed by atoms with Crippen LogP contribution in [0.5, 0.6) is 5.75 Å². The average molecular weight is 415 g/mol. The maximum Gasteiger partial charge on any atom is 0.307 e. The van der Waals surface area contributed by atoms with E-state index < -0.39 is 5.97 Å². The standard InChI is InChI=1S/C24H27ClO4/c1-14(2)18-13-19(17-7-5-6-8-21(17)25)15(3)29-24(18)20-11-16(12-23(26)27)9-10-22(20)28-4/h5-11,15,18-19,24H,1,12-13H2,2-4H3,(H,26,27)/t15-,18+,19+,24-/m0/s1. The summed E-state index contributed by atoms with van der Waals surface area (Å²) in [6.07, 6.45) is 0.476. The molecule has 1 N–H and O–H groups in total. The van der Waals surface area contributed by atoms with Crippen molar-refractivity contribution < 1.29 is 19.4 Å². The Morgan fingerprint density at radius 1 is 1.28 bits per heavy atom. The molecule has 3 rings (SSSR count). The Kier molecular flexibility index (Phi) is 6.66. The highest BCUT2D eigenvalue weighted by Gasteiger charge is 2.39. The molecule has 1 heterocycles. The van der Waals surface area contributed by atoms with Crippen LogP contribution in [-0.2, 0) is 16.0 Å². The molecule has 1 fully saturated rings. The van der Waals surface area contributed by atoms with Crippen molar-refractivity contribution in [2.45, 2.75) is 44.8 Å². The van der Waals surface area contributed by atoms with Crippen LogP contribution >= 0.6 is 11.6 Å². The van der Waals surface area contributed by atoms with Crippen molar-refractivity contribution in [3.05, 3.63) is 76.3 Å². The number of ether oxygens (including phenoxy) is 2. The van der Waals surface area contributed by atoms with Gasteiger partial charge in [-0.3, -0.25) is 4.79 Å². The number of carboxylic acids is 1. The Morgan fingerprint density at radius 2 is 2.00 bits per heavy atom. The first-order valence-corrected chi connectivity index (χ1v) is 10.1. The quantitative estimate of drug-likeness (QED) is 0.606. The molecule has 0 unspecified atom stereocenters. The van der Waals surface area contributed by atoms with Gasteiger partial charge in [-0.15, -0.1) is 0 Å². The van der Waals surface area contributed by atoms with Crippen molar-refractivity contribution in [2.24, 2.45) is 5.92 Å². The summed E-state index contributed by atoms with van der Waals surface area (Å²) >= 11 is 6.47. The van der Waals surface area contributed by atoms with E-state index in [1.165, 1.54) is 0 Å². The summed E-state index contributed by atoms with van der Waals surface area (Å²) in [7, 11) is 1.62. The van der Waals surface area contributed by atoms with Crippen LogP contribution in [0.25, 0.3) is 0 Å². The van der Waals surface area contributed by atoms with E-state index >= 15 is 0 Å². The SMILES string of the molecule is C=C(C)[C@H]1C[C@@H](c2ccccc2Cl)[C@H](C)O[C@@H]1c1cc(CC(=O)O)ccc1OC. The molecule has 2 aromatic carbocycles. The zero-order valence-corrected chi connectivity index (χ0v) is 17.8. The first-order chi connectivity index (χ1) is 13.8. The molecular formula is C24H27ClO4. The Balaban J connectivity index is 1.99. The van der Waals surface area contributed by atoms with E-state index in [2.05, 4.69) is 19.6 Å². The molecule has 1 saturated heterocycles. The van der Waals surface area contributed by atoms with Gasteiger partial charge in [0, 0.05) is 22.4 Å². The van der Waals surface area contributed by atoms with Gasteiger partial charge >= 0.3 is 5.97 Å². The zero-order valence-electron chi connectivity index (χ0n) is 17.0. The van der Waals surface area contributed by atoms with Gasteiger partial charge in [-0.2, -0.15) is 0 Å². The van der Waals surface area contributed by atoms with Crippen LogP contribution in [0.1, 0.15) is 49.0 Å². The van der Waals surface area contributed by atoms with Crippen LogP contribution in [0.15, 0.2) is 54.6 Å². The topological polar surface area (TPSA) is 55.8 Å². The van der Waals surface area contributed by atoms with E-state index in [4.69, 9.17) is 21.1 Å². The fourth-order valence-electron chi connectivity index (χ4n) is 4.21. The molecule has 0 spiro atoms. The molecular weight excluding hydrogens is 388 g/mol. The smallest absolute Gasteiger partial charge is 0.307 e. The lowest BCUT2D eigenvalue weighted by Crippen LogP contribution is -2.34. The monoisotopic (exact) mass is 414 g/mol. The van der Waals surface area contributed by atoms with Gasteiger partial charge in [0.2, 0.25) is 0 Å². The van der Waals surface area contributed by atoms with Crippen molar-refractivity contribution >= 4 is 17.6 Å². The highest BCUT2D eigenvalue weighted by atomic mass is 35.5. The van der Waals surface area contributed by atoms with Crippen molar-refractivity contribution in [1.82, 2.24) is 0 Å². The predicted octanol–water partition coefficient (Wildman–Crippen LogP) is 5.80. The first-order valence-electron chi connectivity index (χ1n) is 9.75. The van der Waals surface area contributed by atoms with Crippen LogP contribution < -0.4 is 4.74 Å². The minimum absolute atomic E-state index is 0.0424. The molecule has 1 aliphatic heterocycles. The summed E-state index contributed by atoms with van der Waals surface area (Å²) in [5, 5.41) is 9.92. The van der Waals surface area contributed by atoms with Gasteiger partial charge in [0.15, 0.2) is 0 Å². The molecule has 154 valence electrons. The number of hydrogen-bond donors (Lipinski definition) is 1. The largest absolute Gasteiger partial charge is 0.496 e. The Bertz CT molecular complexity index is 908. The lowest BCUT2D eigenvalue weighted by atomic mass is 9.75. The van der Waals surface area contributed by atoms with Crippen molar-refractivity contribution in [2.75, 3.05) is 7.11 Å². The van der Waals surface area contributed by atoms with E-state index in [1.54, 1.807) is 13.2 Å². The number of hydrogen-bond acceptors (Lipinski definition) is 3. The van der Waals surface area contributed by atoms with Crippen LogP contribution in [-0.4, -0.2) is 24.3 Å². The van der Waals surface area contributed by atoms with E-state index in [1.807, 2.05) is 37.3 Å². The van der Waals surface area contributed by atoms with Crippen LogP contribution in [0.3, 0.4) is 0 Å². The fraction of sp³-hybridized carbons (Fsp3) is 0.375. The minimum Gasteiger partial charge on any atom is -0.496 e. The van der Waals surface area contributed by atoms with E-state index in [9.17, 15) is 9.90 Å². The predicted molar refractivity (Wildman–Crippen MR) is 115 cm³/mol. The first kappa shape index (κ1) is 21.4. The van der Waals surface area contributed by atoms with Crippen molar-refractivity contribution in [3.8, 4) is 5.75 Å². The number of carboxylic acid groups (broad SMARTS) is 1. The van der Waals surface area contributed by atoms with Gasteiger partial charge in [-0.25, -0.2) is 0 Å². The van der Waals surface area contributed by atoms with Gasteiger partial charge in [-0.1, -0.05) is 48.0 Å². The lowest BCUT2D eigenvalue weighted by molar-refractivity contribution is -0.136. The molecule has 0 radical (unpaired) electrons. The zero-order chi connectivity index (χ0) is 21.1. The third-order valence-corrected chi connectivity index (χ3v) is 6.04. The molecule has 2 aromatic rings. The highest BCUT2D eigenvalue weighted by Crippen LogP contribution is 2.49. The highest BCUT2D eigenvalue weighted by molar-refractivity contribution is 6.31. The lowest BCUT2D eigenvalue weighted by Gasteiger charge is -2.42. The molecule has 1 aliphatic rings. The number of halogens is 1. The summed E-state index contributed by atoms with van der Waals surface area (Å²) in [5.41, 5.74) is 3.68. The molecule has 5 heteroatoms. The minimum atomic E-state index is -0.866. The van der Waals surface area contributed by atoms with Gasteiger partial charge in [0.25, 0.3) is 0 Å². The van der Waals surface area contributed by atoms with Crippen LogP contribution in [0.2, 0.25) is 5.02 Å². The van der Waals surface area contributed by atoms with Gasteiger partial charge in [0.05, 0.1) is 25.7 Å². The maximum absolute atomic E-state index is 11.2. The van der Waals surface area contributed by atoms with Gasteiger partial charge in [-0.05, 0) is 49.6 Å². The second-order valence-electron chi connectivity index (χ2n) is 7.73. The summed E-state index contributed by atoms with van der Waals surface area (Å²) in [6, 6.07) is 13.4. The molecule has 0 saturated carbocycles. The van der Waals surface area contributed by atoms with Gasteiger partial charge in [0.1, 0.15) is 5.75 Å². The fourth-order valence-corrected chi connectivity index (χ4v) is 4.48. The number of aliphatic carboxylic acids is 1. The van der Waals surface area contributed by atoms with Crippen LogP contribution in [0, 0.1) is 5.92 Å². The van der Waals surface area contributed by atoms with E-state index in [0.717, 1.165) is 33.7 Å². The molecule has 0 bridgehead atoms. The summed E-state index contributed by atoms with van der Waals surface area (Å²) in [5.74, 6) is 0.0318. The molecule has 29 heavy (non-hydrogen) atoms. The summed E-state index contributed by atoms with van der Waals surface area (Å²) in [4.78, 5) is 11.2. The second kappa shape index (κ2) is 9.02. The molecule has 0 amide bonds. The average Bonchev–Trinajstić information content (AvgIpc) is 2.67. The normalized spacial score (nSPS) is 24.1. The summed E-state index contributed by atoms with van der Waals surface area (Å²) in [6.45, 7) is 8.28. The number of rotatable bonds is 6. The van der Waals surface area contributed by atoms with E-state index in [-0.39, 0.29) is 30.5 Å². The maximum atomic E-state index is 11.2. The van der Waals surface area contributed by atoms with Crippen molar-refractivity contribution in [1.29, 1.82) is 0 Å². The van der Waals surface area contributed by atoms with E-state index in [0.29, 0.717) is 5.75 Å². The number of carbonyl (C=O) groups is 1. The summed E-state index contributed by atoms with van der Waals surface area (Å²) < 4.78 is 12.1.